The summed E-state index contributed by atoms with van der Waals surface area (Å²) in [5.41, 5.74) is 0.816. The van der Waals surface area contributed by atoms with Crippen LogP contribution in [0.1, 0.15) is 18.4 Å². The zero-order chi connectivity index (χ0) is 17.4. The number of likely N-dealkylation sites (N-methyl/N-ethyl adjacent to an activating group) is 1. The van der Waals surface area contributed by atoms with E-state index < -0.39 is 0 Å². The summed E-state index contributed by atoms with van der Waals surface area (Å²) in [6, 6.07) is 6.60. The van der Waals surface area contributed by atoms with Crippen molar-refractivity contribution in [1.29, 1.82) is 0 Å². The van der Waals surface area contributed by atoms with Crippen molar-refractivity contribution in [2.45, 2.75) is 31.0 Å². The Bertz CT molecular complexity index is 643. The third-order valence-electron chi connectivity index (χ3n) is 5.54. The van der Waals surface area contributed by atoms with Crippen LogP contribution in [0.5, 0.6) is 0 Å². The van der Waals surface area contributed by atoms with E-state index in [-0.39, 0.29) is 23.4 Å². The number of carbonyl (C=O) groups is 1. The highest BCUT2D eigenvalue weighted by Gasteiger charge is 2.50. The molecule has 2 heterocycles. The molecule has 2 saturated heterocycles. The summed E-state index contributed by atoms with van der Waals surface area (Å²) in [5, 5.41) is 2.76. The molecule has 1 N–H and O–H groups in total. The van der Waals surface area contributed by atoms with Gasteiger partial charge >= 0.3 is 0 Å². The van der Waals surface area contributed by atoms with Crippen molar-refractivity contribution in [1.82, 2.24) is 15.1 Å². The maximum Gasteiger partial charge on any atom is 0.239 e. The minimum Gasteiger partial charge on any atom is -0.369 e. The van der Waals surface area contributed by atoms with Crippen LogP contribution in [0.3, 0.4) is 0 Å². The van der Waals surface area contributed by atoms with Gasteiger partial charge in [0.15, 0.2) is 0 Å². The lowest BCUT2D eigenvalue weighted by molar-refractivity contribution is -0.203. The van der Waals surface area contributed by atoms with Crippen LogP contribution in [-0.2, 0) is 16.1 Å². The fourth-order valence-corrected chi connectivity index (χ4v) is 4.08. The van der Waals surface area contributed by atoms with Crippen LogP contribution < -0.4 is 5.32 Å². The summed E-state index contributed by atoms with van der Waals surface area (Å²) in [6.07, 6.45) is 2.55. The number of carbonyl (C=O) groups excluding carboxylic acids is 1. The van der Waals surface area contributed by atoms with Gasteiger partial charge in [0.05, 0.1) is 6.61 Å². The molecule has 1 aromatic rings. The van der Waals surface area contributed by atoms with Crippen LogP contribution in [0.15, 0.2) is 24.3 Å². The number of morpholine rings is 1. The first-order valence-electron chi connectivity index (χ1n) is 9.13. The lowest BCUT2D eigenvalue weighted by Crippen LogP contribution is -2.72. The standard InChI is InChI=1S/C19H26FN3O2/c1-21-18(24)17-10-25-19(13-23(17)9-14-5-6-14)11-22(12-19)8-15-3-2-4-16(20)7-15/h2-4,7,14,17H,5-6,8-13H2,1H3,(H,21,24)/t17-/m0/s1. The molecule has 1 atom stereocenters. The molecule has 1 aliphatic carbocycles. The smallest absolute Gasteiger partial charge is 0.239 e. The molecule has 0 radical (unpaired) electrons. The van der Waals surface area contributed by atoms with Crippen LogP contribution >= 0.6 is 0 Å². The van der Waals surface area contributed by atoms with Crippen molar-refractivity contribution in [3.63, 3.8) is 0 Å². The Kier molecular flexibility index (Phi) is 4.52. The molecule has 0 aromatic heterocycles. The average Bonchev–Trinajstić information content (AvgIpc) is 3.37. The summed E-state index contributed by atoms with van der Waals surface area (Å²) >= 11 is 0. The first kappa shape index (κ1) is 16.9. The van der Waals surface area contributed by atoms with E-state index in [1.807, 2.05) is 6.07 Å². The van der Waals surface area contributed by atoms with Gasteiger partial charge in [0.25, 0.3) is 0 Å². The Balaban J connectivity index is 1.36. The molecule has 3 fully saturated rings. The van der Waals surface area contributed by atoms with Crippen molar-refractivity contribution in [3.8, 4) is 0 Å². The van der Waals surface area contributed by atoms with Crippen LogP contribution in [0.4, 0.5) is 4.39 Å². The van der Waals surface area contributed by atoms with Gasteiger partial charge in [-0.15, -0.1) is 0 Å². The molecule has 0 bridgehead atoms. The molecule has 2 aliphatic heterocycles. The molecule has 1 aromatic carbocycles. The molecule has 4 rings (SSSR count). The lowest BCUT2D eigenvalue weighted by Gasteiger charge is -2.55. The second-order valence-electron chi connectivity index (χ2n) is 7.77. The maximum atomic E-state index is 13.3. The molecule has 1 amide bonds. The minimum atomic E-state index is -0.189. The van der Waals surface area contributed by atoms with Crippen LogP contribution in [0.25, 0.3) is 0 Å². The van der Waals surface area contributed by atoms with Gasteiger partial charge in [-0.05, 0) is 36.5 Å². The number of benzene rings is 1. The minimum absolute atomic E-state index is 0.0476. The second kappa shape index (κ2) is 6.67. The van der Waals surface area contributed by atoms with E-state index in [0.717, 1.165) is 44.2 Å². The molecule has 0 unspecified atom stereocenters. The normalized spacial score (nSPS) is 26.4. The zero-order valence-corrected chi connectivity index (χ0v) is 14.7. The first-order valence-corrected chi connectivity index (χ1v) is 9.13. The van der Waals surface area contributed by atoms with E-state index in [9.17, 15) is 9.18 Å². The highest BCUT2D eigenvalue weighted by atomic mass is 19.1. The summed E-state index contributed by atoms with van der Waals surface area (Å²) in [6.45, 7) is 4.68. The Morgan fingerprint density at radius 2 is 2.16 bits per heavy atom. The molecule has 1 saturated carbocycles. The molecule has 5 nitrogen and oxygen atoms in total. The fraction of sp³-hybridized carbons (Fsp3) is 0.632. The average molecular weight is 347 g/mol. The van der Waals surface area contributed by atoms with E-state index in [0.29, 0.717) is 6.61 Å². The second-order valence-corrected chi connectivity index (χ2v) is 7.77. The number of nitrogens with zero attached hydrogens (tertiary/aromatic N) is 2. The highest BCUT2D eigenvalue weighted by Crippen LogP contribution is 2.36. The van der Waals surface area contributed by atoms with E-state index >= 15 is 0 Å². The molecule has 136 valence electrons. The number of rotatable bonds is 5. The van der Waals surface area contributed by atoms with Gasteiger partial charge in [0.1, 0.15) is 17.5 Å². The van der Waals surface area contributed by atoms with Crippen molar-refractivity contribution in [3.05, 3.63) is 35.6 Å². The monoisotopic (exact) mass is 347 g/mol. The largest absolute Gasteiger partial charge is 0.369 e. The molecule has 25 heavy (non-hydrogen) atoms. The Hall–Kier alpha value is -1.50. The fourth-order valence-electron chi connectivity index (χ4n) is 4.08. The molecule has 1 spiro atoms. The van der Waals surface area contributed by atoms with Gasteiger partial charge in [-0.2, -0.15) is 0 Å². The molecular weight excluding hydrogens is 321 g/mol. The maximum absolute atomic E-state index is 13.3. The van der Waals surface area contributed by atoms with E-state index in [1.165, 1.54) is 18.9 Å². The Morgan fingerprint density at radius 3 is 2.84 bits per heavy atom. The number of amides is 1. The number of hydrogen-bond donors (Lipinski definition) is 1. The van der Waals surface area contributed by atoms with Crippen LogP contribution in [0.2, 0.25) is 0 Å². The predicted octanol–water partition coefficient (Wildman–Crippen LogP) is 1.24. The van der Waals surface area contributed by atoms with E-state index in [4.69, 9.17) is 4.74 Å². The Labute approximate surface area is 148 Å². The number of ether oxygens (including phenoxy) is 1. The summed E-state index contributed by atoms with van der Waals surface area (Å²) in [4.78, 5) is 16.8. The number of hydrogen-bond acceptors (Lipinski definition) is 4. The lowest BCUT2D eigenvalue weighted by atomic mass is 9.89. The third kappa shape index (κ3) is 3.71. The highest BCUT2D eigenvalue weighted by molar-refractivity contribution is 5.81. The van der Waals surface area contributed by atoms with E-state index in [2.05, 4.69) is 15.1 Å². The SMILES string of the molecule is CNC(=O)[C@@H]1COC2(CN(Cc3cccc(F)c3)C2)CN1CC1CC1. The van der Waals surface area contributed by atoms with Gasteiger partial charge < -0.3 is 10.1 Å². The number of likely N-dealkylation sites (tertiary alicyclic amines) is 1. The van der Waals surface area contributed by atoms with Gasteiger partial charge in [0.2, 0.25) is 5.91 Å². The van der Waals surface area contributed by atoms with Crippen molar-refractivity contribution in [2.75, 3.05) is 39.8 Å². The Morgan fingerprint density at radius 1 is 1.36 bits per heavy atom. The quantitative estimate of drug-likeness (QED) is 0.870. The summed E-state index contributed by atoms with van der Waals surface area (Å²) in [5.74, 6) is 0.600. The molecule has 6 heteroatoms. The molecular formula is C19H26FN3O2. The third-order valence-corrected chi connectivity index (χ3v) is 5.54. The molecule has 3 aliphatic rings. The van der Waals surface area contributed by atoms with Crippen molar-refractivity contribution >= 4 is 5.91 Å². The van der Waals surface area contributed by atoms with Crippen LogP contribution in [0, 0.1) is 11.7 Å². The first-order chi connectivity index (χ1) is 12.1. The zero-order valence-electron chi connectivity index (χ0n) is 14.7. The van der Waals surface area contributed by atoms with Gasteiger partial charge in [-0.1, -0.05) is 12.1 Å². The predicted molar refractivity (Wildman–Crippen MR) is 92.5 cm³/mol. The number of nitrogens with one attached hydrogen (secondary N) is 1. The summed E-state index contributed by atoms with van der Waals surface area (Å²) < 4.78 is 19.5. The van der Waals surface area contributed by atoms with Crippen molar-refractivity contribution < 1.29 is 13.9 Å². The van der Waals surface area contributed by atoms with E-state index in [1.54, 1.807) is 19.2 Å². The number of halogens is 1. The van der Waals surface area contributed by atoms with Gasteiger partial charge in [-0.3, -0.25) is 14.6 Å². The van der Waals surface area contributed by atoms with Crippen molar-refractivity contribution in [2.24, 2.45) is 5.92 Å². The van der Waals surface area contributed by atoms with Crippen LogP contribution in [-0.4, -0.2) is 67.2 Å². The van der Waals surface area contributed by atoms with Gasteiger partial charge in [-0.25, -0.2) is 4.39 Å². The summed E-state index contributed by atoms with van der Waals surface area (Å²) in [7, 11) is 1.69. The topological polar surface area (TPSA) is 44.8 Å². The van der Waals surface area contributed by atoms with Gasteiger partial charge in [0, 0.05) is 39.8 Å².